The molecule has 0 aliphatic carbocycles. The maximum absolute atomic E-state index is 11.9. The van der Waals surface area contributed by atoms with Gasteiger partial charge in [0.25, 0.3) is 0 Å². The van der Waals surface area contributed by atoms with Gasteiger partial charge in [-0.05, 0) is 33.6 Å². The van der Waals surface area contributed by atoms with Gasteiger partial charge < -0.3 is 25.8 Å². The van der Waals surface area contributed by atoms with E-state index in [1.54, 1.807) is 4.90 Å². The van der Waals surface area contributed by atoms with Crippen LogP contribution in [0.2, 0.25) is 0 Å². The smallest absolute Gasteiger partial charge is 0.410 e. The van der Waals surface area contributed by atoms with Gasteiger partial charge in [-0.25, -0.2) is 4.79 Å². The molecule has 0 aromatic rings. The molecule has 0 radical (unpaired) electrons. The number of likely N-dealkylation sites (tertiary alicyclic amines) is 1. The molecule has 4 N–H and O–H groups in total. The van der Waals surface area contributed by atoms with Crippen LogP contribution in [0.3, 0.4) is 0 Å². The predicted molar refractivity (Wildman–Crippen MR) is 74.0 cm³/mol. The summed E-state index contributed by atoms with van der Waals surface area (Å²) in [6.45, 7) is 6.85. The lowest BCUT2D eigenvalue weighted by Crippen LogP contribution is -2.49. The molecule has 7 nitrogen and oxygen atoms in total. The van der Waals surface area contributed by atoms with Gasteiger partial charge in [0.1, 0.15) is 11.7 Å². The Balaban J connectivity index is 2.29. The van der Waals surface area contributed by atoms with Crippen molar-refractivity contribution in [3.8, 4) is 0 Å². The highest BCUT2D eigenvalue weighted by Crippen LogP contribution is 2.15. The van der Waals surface area contributed by atoms with Crippen LogP contribution in [-0.2, 0) is 9.53 Å². The number of amides is 2. The molecule has 1 saturated heterocycles. The Labute approximate surface area is 119 Å². The van der Waals surface area contributed by atoms with Gasteiger partial charge in [-0.1, -0.05) is 0 Å². The normalized spacial score (nSPS) is 18.7. The summed E-state index contributed by atoms with van der Waals surface area (Å²) in [5.74, 6) is -0.733. The predicted octanol–water partition coefficient (Wildman–Crippen LogP) is -0.178. The summed E-state index contributed by atoms with van der Waals surface area (Å²) in [7, 11) is 0. The van der Waals surface area contributed by atoms with E-state index in [1.807, 2.05) is 20.8 Å². The number of aliphatic hydroxyl groups is 1. The molecule has 1 rings (SSSR count). The van der Waals surface area contributed by atoms with Gasteiger partial charge in [0.05, 0.1) is 0 Å². The maximum Gasteiger partial charge on any atom is 0.410 e. The molecular formula is C13H25N3O4. The standard InChI is InChI=1S/C13H25N3O4/c1-13(2,3)20-12(19)16-6-4-9(5-7-16)15-8-10(17)11(14)18/h9-10,15,17H,4-8H2,1-3H3,(H2,14,18). The van der Waals surface area contributed by atoms with Crippen molar-refractivity contribution in [3.63, 3.8) is 0 Å². The minimum atomic E-state index is -1.17. The minimum Gasteiger partial charge on any atom is -0.444 e. The lowest BCUT2D eigenvalue weighted by molar-refractivity contribution is -0.125. The van der Waals surface area contributed by atoms with E-state index in [2.05, 4.69) is 5.32 Å². The molecule has 1 unspecified atom stereocenters. The molecule has 0 spiro atoms. The number of piperidine rings is 1. The van der Waals surface area contributed by atoms with E-state index in [9.17, 15) is 14.7 Å². The molecule has 1 aliphatic rings. The Kier molecular flexibility index (Phi) is 5.76. The number of primary amides is 1. The van der Waals surface area contributed by atoms with Crippen molar-refractivity contribution in [2.75, 3.05) is 19.6 Å². The average Bonchev–Trinajstić information content (AvgIpc) is 2.34. The van der Waals surface area contributed by atoms with E-state index < -0.39 is 17.6 Å². The highest BCUT2D eigenvalue weighted by Gasteiger charge is 2.27. The van der Waals surface area contributed by atoms with Gasteiger partial charge in [-0.2, -0.15) is 0 Å². The number of aliphatic hydroxyl groups excluding tert-OH is 1. The zero-order valence-corrected chi connectivity index (χ0v) is 12.4. The van der Waals surface area contributed by atoms with Gasteiger partial charge in [0, 0.05) is 25.7 Å². The van der Waals surface area contributed by atoms with Crippen LogP contribution in [0.15, 0.2) is 0 Å². The van der Waals surface area contributed by atoms with Gasteiger partial charge >= 0.3 is 6.09 Å². The molecule has 7 heteroatoms. The van der Waals surface area contributed by atoms with E-state index in [0.29, 0.717) is 13.1 Å². The number of carbonyl (C=O) groups excluding carboxylic acids is 2. The van der Waals surface area contributed by atoms with Crippen molar-refractivity contribution < 1.29 is 19.4 Å². The van der Waals surface area contributed by atoms with Crippen LogP contribution in [-0.4, -0.2) is 59.4 Å². The highest BCUT2D eigenvalue weighted by molar-refractivity contribution is 5.78. The first-order valence-electron chi connectivity index (χ1n) is 6.88. The lowest BCUT2D eigenvalue weighted by atomic mass is 10.1. The SMILES string of the molecule is CC(C)(C)OC(=O)N1CCC(NCC(O)C(N)=O)CC1. The van der Waals surface area contributed by atoms with Crippen molar-refractivity contribution in [1.82, 2.24) is 10.2 Å². The molecule has 1 atom stereocenters. The largest absolute Gasteiger partial charge is 0.444 e. The molecule has 116 valence electrons. The Morgan fingerprint density at radius 3 is 2.40 bits per heavy atom. The number of rotatable bonds is 4. The third kappa shape index (κ3) is 5.75. The molecular weight excluding hydrogens is 262 g/mol. The number of nitrogens with zero attached hydrogens (tertiary/aromatic N) is 1. The number of hydrogen-bond donors (Lipinski definition) is 3. The summed E-state index contributed by atoms with van der Waals surface area (Å²) in [5, 5.41) is 12.4. The van der Waals surface area contributed by atoms with Gasteiger partial charge in [0.2, 0.25) is 5.91 Å². The Morgan fingerprint density at radius 2 is 1.95 bits per heavy atom. The molecule has 0 bridgehead atoms. The second-order valence-corrected chi connectivity index (χ2v) is 6.07. The van der Waals surface area contributed by atoms with Crippen LogP contribution in [0.5, 0.6) is 0 Å². The Morgan fingerprint density at radius 1 is 1.40 bits per heavy atom. The second kappa shape index (κ2) is 6.90. The molecule has 1 fully saturated rings. The minimum absolute atomic E-state index is 0.145. The first-order valence-corrected chi connectivity index (χ1v) is 6.88. The number of nitrogens with two attached hydrogens (primary N) is 1. The van der Waals surface area contributed by atoms with Crippen molar-refractivity contribution >= 4 is 12.0 Å². The molecule has 20 heavy (non-hydrogen) atoms. The fourth-order valence-corrected chi connectivity index (χ4v) is 1.97. The molecule has 1 aliphatic heterocycles. The van der Waals surface area contributed by atoms with E-state index in [1.165, 1.54) is 0 Å². The molecule has 1 heterocycles. The van der Waals surface area contributed by atoms with Crippen LogP contribution in [0.25, 0.3) is 0 Å². The van der Waals surface area contributed by atoms with E-state index in [-0.39, 0.29) is 18.7 Å². The van der Waals surface area contributed by atoms with Crippen LogP contribution in [0.4, 0.5) is 4.79 Å². The van der Waals surface area contributed by atoms with Crippen LogP contribution in [0, 0.1) is 0 Å². The summed E-state index contributed by atoms with van der Waals surface area (Å²) >= 11 is 0. The lowest BCUT2D eigenvalue weighted by Gasteiger charge is -2.34. The fourth-order valence-electron chi connectivity index (χ4n) is 1.97. The highest BCUT2D eigenvalue weighted by atomic mass is 16.6. The summed E-state index contributed by atoms with van der Waals surface area (Å²) in [6, 6.07) is 0.169. The van der Waals surface area contributed by atoms with Crippen LogP contribution >= 0.6 is 0 Å². The fraction of sp³-hybridized carbons (Fsp3) is 0.846. The van der Waals surface area contributed by atoms with E-state index in [0.717, 1.165) is 12.8 Å². The first kappa shape index (κ1) is 16.7. The van der Waals surface area contributed by atoms with Crippen molar-refractivity contribution in [2.45, 2.75) is 51.4 Å². The summed E-state index contributed by atoms with van der Waals surface area (Å²) in [4.78, 5) is 24.2. The van der Waals surface area contributed by atoms with Crippen molar-refractivity contribution in [3.05, 3.63) is 0 Å². The number of carbonyl (C=O) groups is 2. The average molecular weight is 287 g/mol. The van der Waals surface area contributed by atoms with Crippen molar-refractivity contribution in [1.29, 1.82) is 0 Å². The van der Waals surface area contributed by atoms with Gasteiger partial charge in [-0.15, -0.1) is 0 Å². The second-order valence-electron chi connectivity index (χ2n) is 6.07. The molecule has 0 saturated carbocycles. The van der Waals surface area contributed by atoms with Crippen LogP contribution < -0.4 is 11.1 Å². The molecule has 0 aromatic carbocycles. The van der Waals surface area contributed by atoms with Gasteiger partial charge in [-0.3, -0.25) is 4.79 Å². The van der Waals surface area contributed by atoms with E-state index in [4.69, 9.17) is 10.5 Å². The number of nitrogens with one attached hydrogen (secondary N) is 1. The summed E-state index contributed by atoms with van der Waals surface area (Å²) in [6.07, 6.45) is 0.0436. The zero-order valence-electron chi connectivity index (χ0n) is 12.4. The van der Waals surface area contributed by atoms with E-state index >= 15 is 0 Å². The summed E-state index contributed by atoms with van der Waals surface area (Å²) in [5.41, 5.74) is 4.49. The van der Waals surface area contributed by atoms with Crippen molar-refractivity contribution in [2.24, 2.45) is 5.73 Å². The topological polar surface area (TPSA) is 105 Å². The maximum atomic E-state index is 11.9. The zero-order chi connectivity index (χ0) is 15.3. The number of ether oxygens (including phenoxy) is 1. The third-order valence-electron chi connectivity index (χ3n) is 3.07. The summed E-state index contributed by atoms with van der Waals surface area (Å²) < 4.78 is 5.31. The van der Waals surface area contributed by atoms with Gasteiger partial charge in [0.15, 0.2) is 0 Å². The van der Waals surface area contributed by atoms with Crippen LogP contribution in [0.1, 0.15) is 33.6 Å². The Bertz CT molecular complexity index is 346. The molecule has 0 aromatic heterocycles. The monoisotopic (exact) mass is 287 g/mol. The molecule has 2 amide bonds. The quantitative estimate of drug-likeness (QED) is 0.665. The number of hydrogen-bond acceptors (Lipinski definition) is 5. The third-order valence-corrected chi connectivity index (χ3v) is 3.07. The first-order chi connectivity index (χ1) is 9.19. The Hall–Kier alpha value is -1.34.